The van der Waals surface area contributed by atoms with E-state index in [4.69, 9.17) is 4.42 Å². The fourth-order valence-corrected chi connectivity index (χ4v) is 2.43. The molecular weight excluding hydrogens is 306 g/mol. The minimum atomic E-state index is -0.297. The van der Waals surface area contributed by atoms with E-state index in [-0.39, 0.29) is 17.9 Å². The predicted molar refractivity (Wildman–Crippen MR) is 93.6 cm³/mol. The summed E-state index contributed by atoms with van der Waals surface area (Å²) in [5, 5.41) is 5.59. The lowest BCUT2D eigenvalue weighted by molar-refractivity contribution is -0.121. The molecule has 2 amide bonds. The second-order valence-electron chi connectivity index (χ2n) is 5.62. The summed E-state index contributed by atoms with van der Waals surface area (Å²) in [6.07, 6.45) is 3.31. The Morgan fingerprint density at radius 3 is 2.50 bits per heavy atom. The van der Waals surface area contributed by atoms with Gasteiger partial charge in [-0.05, 0) is 37.7 Å². The maximum absolute atomic E-state index is 12.5. The molecule has 0 aliphatic carbocycles. The lowest BCUT2D eigenvalue weighted by atomic mass is 10.2. The van der Waals surface area contributed by atoms with E-state index >= 15 is 0 Å². The molecular formula is C18H23N3O3. The van der Waals surface area contributed by atoms with Crippen LogP contribution < -0.4 is 10.6 Å². The summed E-state index contributed by atoms with van der Waals surface area (Å²) in [5.41, 5.74) is 2.33. The molecule has 1 heterocycles. The first-order chi connectivity index (χ1) is 11.5. The molecule has 24 heavy (non-hydrogen) atoms. The minimum absolute atomic E-state index is 0.0969. The Hall–Kier alpha value is -2.60. The van der Waals surface area contributed by atoms with Gasteiger partial charge in [-0.2, -0.15) is 0 Å². The first kappa shape index (κ1) is 17.7. The molecule has 0 fully saturated rings. The van der Waals surface area contributed by atoms with Crippen molar-refractivity contribution in [3.05, 3.63) is 48.4 Å². The highest BCUT2D eigenvalue weighted by Crippen LogP contribution is 2.16. The van der Waals surface area contributed by atoms with E-state index in [2.05, 4.69) is 15.5 Å². The van der Waals surface area contributed by atoms with Crippen LogP contribution in [0.2, 0.25) is 0 Å². The topological polar surface area (TPSA) is 74.6 Å². The number of carbonyl (C=O) groups is 2. The number of nitrogens with zero attached hydrogens (tertiary/aromatic N) is 1. The smallest absolute Gasteiger partial charge is 0.241 e. The van der Waals surface area contributed by atoms with Crippen molar-refractivity contribution in [2.75, 3.05) is 17.2 Å². The van der Waals surface area contributed by atoms with Crippen molar-refractivity contribution in [1.82, 2.24) is 4.90 Å². The number of benzene rings is 1. The van der Waals surface area contributed by atoms with Gasteiger partial charge < -0.3 is 15.1 Å². The molecule has 0 saturated heterocycles. The number of anilines is 2. The highest BCUT2D eigenvalue weighted by atomic mass is 16.3. The Morgan fingerprint density at radius 2 is 1.92 bits per heavy atom. The number of hydrogen-bond donors (Lipinski definition) is 2. The molecule has 2 aromatic rings. The quantitative estimate of drug-likeness (QED) is 0.818. The van der Waals surface area contributed by atoms with Crippen LogP contribution in [0, 0.1) is 0 Å². The monoisotopic (exact) mass is 329 g/mol. The van der Waals surface area contributed by atoms with Gasteiger partial charge in [-0.15, -0.1) is 0 Å². The summed E-state index contributed by atoms with van der Waals surface area (Å²) < 4.78 is 5.08. The van der Waals surface area contributed by atoms with Crippen LogP contribution in [0.1, 0.15) is 26.3 Å². The van der Waals surface area contributed by atoms with Crippen LogP contribution >= 0.6 is 0 Å². The maximum Gasteiger partial charge on any atom is 0.241 e. The highest BCUT2D eigenvalue weighted by molar-refractivity contribution is 5.96. The molecule has 1 atom stereocenters. The van der Waals surface area contributed by atoms with E-state index in [1.807, 2.05) is 19.9 Å². The number of likely N-dealkylation sites (N-methyl/N-ethyl adjacent to an activating group) is 1. The Morgan fingerprint density at radius 1 is 1.21 bits per heavy atom. The largest absolute Gasteiger partial charge is 0.472 e. The Labute approximate surface area is 141 Å². The molecule has 2 N–H and O–H groups in total. The van der Waals surface area contributed by atoms with Gasteiger partial charge >= 0.3 is 0 Å². The summed E-state index contributed by atoms with van der Waals surface area (Å²) in [6.45, 7) is 6.72. The van der Waals surface area contributed by atoms with Crippen molar-refractivity contribution in [3.63, 3.8) is 0 Å². The van der Waals surface area contributed by atoms with Gasteiger partial charge in [0.05, 0.1) is 18.6 Å². The molecule has 2 rings (SSSR count). The zero-order valence-corrected chi connectivity index (χ0v) is 14.2. The fraction of sp³-hybridized carbons (Fsp3) is 0.333. The molecule has 6 heteroatoms. The van der Waals surface area contributed by atoms with Gasteiger partial charge in [-0.25, -0.2) is 0 Å². The van der Waals surface area contributed by atoms with Gasteiger partial charge in [0.2, 0.25) is 11.8 Å². The fourth-order valence-electron chi connectivity index (χ4n) is 2.43. The number of furan rings is 1. The molecule has 1 aromatic carbocycles. The van der Waals surface area contributed by atoms with E-state index in [1.165, 1.54) is 6.92 Å². The standard InChI is InChI=1S/C18H23N3O3/c1-4-21(11-15-8-9-24-12-15)13(2)18(23)20-17-7-5-6-16(10-17)19-14(3)22/h5-10,12-13H,4,11H2,1-3H3,(H,19,22)(H,20,23). The van der Waals surface area contributed by atoms with Gasteiger partial charge in [0.1, 0.15) is 0 Å². The van der Waals surface area contributed by atoms with Gasteiger partial charge in [0, 0.05) is 30.4 Å². The zero-order valence-electron chi connectivity index (χ0n) is 14.2. The summed E-state index contributed by atoms with van der Waals surface area (Å²) in [7, 11) is 0. The van der Waals surface area contributed by atoms with Gasteiger partial charge in [0.25, 0.3) is 0 Å². The molecule has 6 nitrogen and oxygen atoms in total. The van der Waals surface area contributed by atoms with Gasteiger partial charge in [-0.1, -0.05) is 13.0 Å². The molecule has 0 bridgehead atoms. The van der Waals surface area contributed by atoms with E-state index in [0.717, 1.165) is 12.1 Å². The Bertz CT molecular complexity index is 683. The van der Waals surface area contributed by atoms with E-state index in [9.17, 15) is 9.59 Å². The third-order valence-corrected chi connectivity index (χ3v) is 3.75. The van der Waals surface area contributed by atoms with Crippen LogP contribution in [0.15, 0.2) is 47.3 Å². The molecule has 0 radical (unpaired) electrons. The molecule has 0 saturated carbocycles. The Balaban J connectivity index is 2.00. The van der Waals surface area contributed by atoms with Crippen LogP contribution in [-0.2, 0) is 16.1 Å². The van der Waals surface area contributed by atoms with Crippen molar-refractivity contribution in [2.24, 2.45) is 0 Å². The van der Waals surface area contributed by atoms with Gasteiger partial charge in [-0.3, -0.25) is 14.5 Å². The summed E-state index contributed by atoms with van der Waals surface area (Å²) >= 11 is 0. The maximum atomic E-state index is 12.5. The van der Waals surface area contributed by atoms with Crippen molar-refractivity contribution in [1.29, 1.82) is 0 Å². The van der Waals surface area contributed by atoms with E-state index < -0.39 is 0 Å². The third kappa shape index (κ3) is 4.96. The summed E-state index contributed by atoms with van der Waals surface area (Å²) in [5.74, 6) is -0.246. The molecule has 1 unspecified atom stereocenters. The SMILES string of the molecule is CCN(Cc1ccoc1)C(C)C(=O)Nc1cccc(NC(C)=O)c1. The molecule has 0 spiro atoms. The van der Waals surface area contributed by atoms with E-state index in [0.29, 0.717) is 17.9 Å². The molecule has 128 valence electrons. The number of nitrogens with one attached hydrogen (secondary N) is 2. The van der Waals surface area contributed by atoms with Crippen molar-refractivity contribution in [2.45, 2.75) is 33.4 Å². The average molecular weight is 329 g/mol. The van der Waals surface area contributed by atoms with Crippen LogP contribution in [0.5, 0.6) is 0 Å². The minimum Gasteiger partial charge on any atom is -0.472 e. The zero-order chi connectivity index (χ0) is 17.5. The molecule has 0 aliphatic rings. The van der Waals surface area contributed by atoms with Crippen LogP contribution in [0.4, 0.5) is 11.4 Å². The van der Waals surface area contributed by atoms with Crippen molar-refractivity contribution in [3.8, 4) is 0 Å². The first-order valence-electron chi connectivity index (χ1n) is 7.93. The second kappa shape index (κ2) is 8.31. The van der Waals surface area contributed by atoms with Crippen molar-refractivity contribution >= 4 is 23.2 Å². The first-order valence-corrected chi connectivity index (χ1v) is 7.93. The Kier molecular flexibility index (Phi) is 6.14. The lowest BCUT2D eigenvalue weighted by Gasteiger charge is -2.26. The molecule has 0 aliphatic heterocycles. The second-order valence-corrected chi connectivity index (χ2v) is 5.62. The average Bonchev–Trinajstić information content (AvgIpc) is 3.04. The van der Waals surface area contributed by atoms with Crippen molar-refractivity contribution < 1.29 is 14.0 Å². The van der Waals surface area contributed by atoms with Gasteiger partial charge in [0.15, 0.2) is 0 Å². The number of amides is 2. The highest BCUT2D eigenvalue weighted by Gasteiger charge is 2.20. The summed E-state index contributed by atoms with van der Waals surface area (Å²) in [6, 6.07) is 8.69. The van der Waals surface area contributed by atoms with E-state index in [1.54, 1.807) is 36.8 Å². The normalized spacial score (nSPS) is 12.0. The number of hydrogen-bond acceptors (Lipinski definition) is 4. The third-order valence-electron chi connectivity index (χ3n) is 3.75. The number of rotatable bonds is 7. The number of carbonyl (C=O) groups excluding carboxylic acids is 2. The lowest BCUT2D eigenvalue weighted by Crippen LogP contribution is -2.41. The summed E-state index contributed by atoms with van der Waals surface area (Å²) in [4.78, 5) is 25.7. The van der Waals surface area contributed by atoms with Crippen LogP contribution in [-0.4, -0.2) is 29.3 Å². The van der Waals surface area contributed by atoms with Crippen LogP contribution in [0.3, 0.4) is 0 Å². The molecule has 1 aromatic heterocycles. The van der Waals surface area contributed by atoms with Crippen LogP contribution in [0.25, 0.3) is 0 Å². The predicted octanol–water partition coefficient (Wildman–Crippen LogP) is 3.09.